The molecule has 1 N–H and O–H groups in total. The number of halogens is 1. The second-order valence-electron chi connectivity index (χ2n) is 4.31. The molecule has 1 aromatic carbocycles. The van der Waals surface area contributed by atoms with Crippen LogP contribution in [0.25, 0.3) is 0 Å². The molecule has 0 bridgehead atoms. The normalized spacial score (nSPS) is 13.2. The zero-order valence-corrected chi connectivity index (χ0v) is 10.7. The summed E-state index contributed by atoms with van der Waals surface area (Å²) in [6.07, 6.45) is 2.12. The number of hydrogen-bond acceptors (Lipinski definition) is 2. The minimum Gasteiger partial charge on any atom is -0.480 e. The highest BCUT2D eigenvalue weighted by molar-refractivity contribution is 6.30. The maximum Gasteiger partial charge on any atom is 0.328 e. The number of aliphatic imine (C=N–C) groups is 1. The summed E-state index contributed by atoms with van der Waals surface area (Å²) in [5.74, 6) is -0.581. The average Bonchev–Trinajstić information content (AvgIpc) is 2.25. The molecule has 0 radical (unpaired) electrons. The predicted octanol–water partition coefficient (Wildman–Crippen LogP) is 3.26. The molecule has 0 unspecified atom stereocenters. The van der Waals surface area contributed by atoms with Gasteiger partial charge in [0.2, 0.25) is 0 Å². The standard InChI is InChI=1S/C13H16ClNO2/c1-9(2)7-12(13(16)17)15-8-10-3-5-11(14)6-4-10/h3-6,8-9,12H,7H2,1-2H3,(H,16,17)/t12-/m1/s1. The van der Waals surface area contributed by atoms with Crippen LogP contribution in [0, 0.1) is 5.92 Å². The smallest absolute Gasteiger partial charge is 0.328 e. The first kappa shape index (κ1) is 13.7. The fraction of sp³-hybridized carbons (Fsp3) is 0.385. The first-order valence-electron chi connectivity index (χ1n) is 5.50. The molecule has 0 aliphatic carbocycles. The van der Waals surface area contributed by atoms with Crippen molar-refractivity contribution in [3.8, 4) is 0 Å². The Labute approximate surface area is 106 Å². The van der Waals surface area contributed by atoms with E-state index in [-0.39, 0.29) is 0 Å². The molecular formula is C13H16ClNO2. The monoisotopic (exact) mass is 253 g/mol. The van der Waals surface area contributed by atoms with Crippen LogP contribution in [-0.4, -0.2) is 23.3 Å². The van der Waals surface area contributed by atoms with Gasteiger partial charge in [0.1, 0.15) is 6.04 Å². The van der Waals surface area contributed by atoms with Gasteiger partial charge in [-0.2, -0.15) is 0 Å². The van der Waals surface area contributed by atoms with Gasteiger partial charge < -0.3 is 5.11 Å². The third-order valence-electron chi connectivity index (χ3n) is 2.25. The lowest BCUT2D eigenvalue weighted by atomic mass is 10.0. The van der Waals surface area contributed by atoms with E-state index in [4.69, 9.17) is 16.7 Å². The molecular weight excluding hydrogens is 238 g/mol. The minimum atomic E-state index is -0.885. The maximum atomic E-state index is 11.0. The van der Waals surface area contributed by atoms with Crippen LogP contribution in [0.3, 0.4) is 0 Å². The summed E-state index contributed by atoms with van der Waals surface area (Å²) < 4.78 is 0. The van der Waals surface area contributed by atoms with Gasteiger partial charge in [-0.3, -0.25) is 4.99 Å². The lowest BCUT2D eigenvalue weighted by molar-refractivity contribution is -0.138. The number of nitrogens with zero attached hydrogens (tertiary/aromatic N) is 1. The van der Waals surface area contributed by atoms with E-state index in [0.717, 1.165) is 5.56 Å². The van der Waals surface area contributed by atoms with E-state index in [9.17, 15) is 4.79 Å². The van der Waals surface area contributed by atoms with Gasteiger partial charge in [-0.25, -0.2) is 4.79 Å². The fourth-order valence-electron chi connectivity index (χ4n) is 1.40. The molecule has 0 saturated heterocycles. The third-order valence-corrected chi connectivity index (χ3v) is 2.51. The number of carboxylic acids is 1. The van der Waals surface area contributed by atoms with E-state index < -0.39 is 12.0 Å². The SMILES string of the molecule is CC(C)C[C@@H](N=Cc1ccc(Cl)cc1)C(=O)O. The number of hydrogen-bond donors (Lipinski definition) is 1. The van der Waals surface area contributed by atoms with Crippen LogP contribution in [0.4, 0.5) is 0 Å². The molecule has 0 saturated carbocycles. The molecule has 1 atom stereocenters. The van der Waals surface area contributed by atoms with Crippen molar-refractivity contribution >= 4 is 23.8 Å². The van der Waals surface area contributed by atoms with Gasteiger partial charge >= 0.3 is 5.97 Å². The Balaban J connectivity index is 2.72. The summed E-state index contributed by atoms with van der Waals surface area (Å²) in [6.45, 7) is 3.96. The third kappa shape index (κ3) is 5.00. The van der Waals surface area contributed by atoms with Crippen molar-refractivity contribution in [2.45, 2.75) is 26.3 Å². The zero-order valence-electron chi connectivity index (χ0n) is 9.93. The lowest BCUT2D eigenvalue weighted by Gasteiger charge is -2.09. The predicted molar refractivity (Wildman–Crippen MR) is 69.9 cm³/mol. The molecule has 0 aromatic heterocycles. The maximum absolute atomic E-state index is 11.0. The highest BCUT2D eigenvalue weighted by Crippen LogP contribution is 2.10. The first-order chi connectivity index (χ1) is 7.99. The molecule has 1 rings (SSSR count). The Hall–Kier alpha value is -1.35. The van der Waals surface area contributed by atoms with E-state index in [1.54, 1.807) is 30.5 Å². The van der Waals surface area contributed by atoms with Gasteiger partial charge in [0.05, 0.1) is 0 Å². The molecule has 92 valence electrons. The summed E-state index contributed by atoms with van der Waals surface area (Å²) in [5.41, 5.74) is 0.851. The lowest BCUT2D eigenvalue weighted by Crippen LogP contribution is -2.20. The molecule has 4 heteroatoms. The summed E-state index contributed by atoms with van der Waals surface area (Å²) >= 11 is 5.76. The highest BCUT2D eigenvalue weighted by atomic mass is 35.5. The Morgan fingerprint density at radius 2 is 2.00 bits per heavy atom. The van der Waals surface area contributed by atoms with Crippen molar-refractivity contribution in [2.75, 3.05) is 0 Å². The number of carbonyl (C=O) groups is 1. The molecule has 0 aliphatic rings. The van der Waals surface area contributed by atoms with Crippen LogP contribution in [0.5, 0.6) is 0 Å². The van der Waals surface area contributed by atoms with Crippen LogP contribution in [0.1, 0.15) is 25.8 Å². The Bertz CT molecular complexity index is 398. The molecule has 0 fully saturated rings. The largest absolute Gasteiger partial charge is 0.480 e. The van der Waals surface area contributed by atoms with Crippen molar-refractivity contribution in [3.63, 3.8) is 0 Å². The van der Waals surface area contributed by atoms with Crippen molar-refractivity contribution in [1.29, 1.82) is 0 Å². The molecule has 0 amide bonds. The topological polar surface area (TPSA) is 49.7 Å². The number of rotatable bonds is 5. The van der Waals surface area contributed by atoms with E-state index >= 15 is 0 Å². The zero-order chi connectivity index (χ0) is 12.8. The quantitative estimate of drug-likeness (QED) is 0.819. The summed E-state index contributed by atoms with van der Waals surface area (Å²) in [7, 11) is 0. The second kappa shape index (κ2) is 6.40. The molecule has 0 heterocycles. The Morgan fingerprint density at radius 1 is 1.41 bits per heavy atom. The van der Waals surface area contributed by atoms with Crippen molar-refractivity contribution in [3.05, 3.63) is 34.9 Å². The fourth-order valence-corrected chi connectivity index (χ4v) is 1.52. The van der Waals surface area contributed by atoms with Gasteiger partial charge in [0.25, 0.3) is 0 Å². The molecule has 0 aliphatic heterocycles. The van der Waals surface area contributed by atoms with Crippen molar-refractivity contribution in [2.24, 2.45) is 10.9 Å². The van der Waals surface area contributed by atoms with Crippen LogP contribution in [-0.2, 0) is 4.79 Å². The first-order valence-corrected chi connectivity index (χ1v) is 5.88. The van der Waals surface area contributed by atoms with E-state index in [2.05, 4.69) is 4.99 Å². The van der Waals surface area contributed by atoms with Crippen molar-refractivity contribution < 1.29 is 9.90 Å². The summed E-state index contributed by atoms with van der Waals surface area (Å²) in [4.78, 5) is 15.1. The summed E-state index contributed by atoms with van der Waals surface area (Å²) in [5, 5.41) is 9.66. The summed E-state index contributed by atoms with van der Waals surface area (Å²) in [6, 6.07) is 6.44. The van der Waals surface area contributed by atoms with Crippen molar-refractivity contribution in [1.82, 2.24) is 0 Å². The molecule has 1 aromatic rings. The Kier molecular flexibility index (Phi) is 5.16. The van der Waals surface area contributed by atoms with Gasteiger partial charge in [-0.15, -0.1) is 0 Å². The molecule has 0 spiro atoms. The number of benzene rings is 1. The van der Waals surface area contributed by atoms with Crippen LogP contribution < -0.4 is 0 Å². The van der Waals surface area contributed by atoms with Crippen LogP contribution in [0.15, 0.2) is 29.3 Å². The van der Waals surface area contributed by atoms with E-state index in [1.807, 2.05) is 13.8 Å². The van der Waals surface area contributed by atoms with Gasteiger partial charge in [-0.1, -0.05) is 37.6 Å². The van der Waals surface area contributed by atoms with E-state index in [0.29, 0.717) is 17.4 Å². The highest BCUT2D eigenvalue weighted by Gasteiger charge is 2.16. The second-order valence-corrected chi connectivity index (χ2v) is 4.75. The van der Waals surface area contributed by atoms with E-state index in [1.165, 1.54) is 0 Å². The minimum absolute atomic E-state index is 0.304. The van der Waals surface area contributed by atoms with Crippen LogP contribution in [0.2, 0.25) is 5.02 Å². The number of aliphatic carboxylic acids is 1. The molecule has 17 heavy (non-hydrogen) atoms. The average molecular weight is 254 g/mol. The molecule has 3 nitrogen and oxygen atoms in total. The number of carboxylic acid groups (broad SMARTS) is 1. The van der Waals surface area contributed by atoms with Gasteiger partial charge in [0.15, 0.2) is 0 Å². The van der Waals surface area contributed by atoms with Gasteiger partial charge in [0, 0.05) is 11.2 Å². The van der Waals surface area contributed by atoms with Gasteiger partial charge in [-0.05, 0) is 30.0 Å². The van der Waals surface area contributed by atoms with Crippen LogP contribution >= 0.6 is 11.6 Å². The Morgan fingerprint density at radius 3 is 2.47 bits per heavy atom.